The van der Waals surface area contributed by atoms with Crippen molar-refractivity contribution >= 4 is 21.8 Å². The Labute approximate surface area is 182 Å². The van der Waals surface area contributed by atoms with Gasteiger partial charge in [0, 0.05) is 22.9 Å². The highest BCUT2D eigenvalue weighted by molar-refractivity contribution is 5.80. The molecular weight excluding hydrogens is 391 g/mol. The van der Waals surface area contributed by atoms with Gasteiger partial charge >= 0.3 is 0 Å². The quantitative estimate of drug-likeness (QED) is 0.281. The average Bonchev–Trinajstić information content (AvgIpc) is 2.77. The fraction of sp³-hybridized carbons (Fsp3) is 0.308. The number of aromatic nitrogens is 2. The van der Waals surface area contributed by atoms with Crippen LogP contribution in [0.3, 0.4) is 0 Å². The molecular formula is C26H29FN2O2. The molecule has 0 aliphatic heterocycles. The smallest absolute Gasteiger partial charge is 0.223 e. The molecule has 0 atom stereocenters. The number of alkyl halides is 1. The van der Waals surface area contributed by atoms with Gasteiger partial charge in [0.15, 0.2) is 6.20 Å². The third-order valence-corrected chi connectivity index (χ3v) is 5.15. The first-order valence-electron chi connectivity index (χ1n) is 10.6. The van der Waals surface area contributed by atoms with E-state index in [0.29, 0.717) is 17.6 Å². The molecule has 0 N–H and O–H groups in total. The minimum absolute atomic E-state index is 0.0804. The molecule has 0 bridgehead atoms. The molecule has 0 saturated carbocycles. The topological polar surface area (TPSA) is 49.1 Å². The number of ether oxygens (including phenoxy) is 1. The van der Waals surface area contributed by atoms with Crippen LogP contribution in [0.2, 0.25) is 0 Å². The molecule has 0 aliphatic rings. The summed E-state index contributed by atoms with van der Waals surface area (Å²) in [5, 5.41) is 13.4. The lowest BCUT2D eigenvalue weighted by Gasteiger charge is -2.08. The van der Waals surface area contributed by atoms with Gasteiger partial charge in [0.1, 0.15) is 19.0 Å². The molecule has 0 saturated heterocycles. The fourth-order valence-electron chi connectivity index (χ4n) is 3.30. The van der Waals surface area contributed by atoms with E-state index in [9.17, 15) is 9.60 Å². The maximum atomic E-state index is 12.0. The summed E-state index contributed by atoms with van der Waals surface area (Å²) in [5.74, 6) is 1.60. The molecule has 4 rings (SSSR count). The van der Waals surface area contributed by atoms with Crippen molar-refractivity contribution in [2.75, 3.05) is 13.3 Å². The van der Waals surface area contributed by atoms with Gasteiger partial charge < -0.3 is 9.94 Å². The van der Waals surface area contributed by atoms with Crippen LogP contribution in [0, 0.1) is 5.21 Å². The van der Waals surface area contributed by atoms with Gasteiger partial charge in [-0.3, -0.25) is 4.98 Å². The van der Waals surface area contributed by atoms with Crippen molar-refractivity contribution in [3.63, 3.8) is 0 Å². The Morgan fingerprint density at radius 1 is 0.935 bits per heavy atom. The lowest BCUT2D eigenvalue weighted by molar-refractivity contribution is -0.577. The van der Waals surface area contributed by atoms with Crippen molar-refractivity contribution in [2.45, 2.75) is 39.5 Å². The van der Waals surface area contributed by atoms with Crippen LogP contribution in [0.4, 0.5) is 4.39 Å². The SMILES string of the molecule is CC(C)c1ccc2c(ccc[n+]2[O-])c1.CC(C)c1ccc2ncc(OCCF)cc2c1. The van der Waals surface area contributed by atoms with Gasteiger partial charge in [-0.2, -0.15) is 4.73 Å². The van der Waals surface area contributed by atoms with Gasteiger partial charge in [0.2, 0.25) is 5.52 Å². The molecule has 0 unspecified atom stereocenters. The molecule has 0 aliphatic carbocycles. The number of nitrogens with zero attached hydrogens (tertiary/aromatic N) is 2. The normalized spacial score (nSPS) is 11.1. The van der Waals surface area contributed by atoms with Crippen LogP contribution >= 0.6 is 0 Å². The lowest BCUT2D eigenvalue weighted by atomic mass is 10.0. The van der Waals surface area contributed by atoms with Crippen LogP contribution in [0.1, 0.15) is 50.7 Å². The van der Waals surface area contributed by atoms with Crippen LogP contribution in [0.5, 0.6) is 5.75 Å². The molecule has 4 nitrogen and oxygen atoms in total. The highest BCUT2D eigenvalue weighted by Crippen LogP contribution is 2.23. The monoisotopic (exact) mass is 420 g/mol. The first kappa shape index (κ1) is 22.5. The van der Waals surface area contributed by atoms with E-state index in [1.807, 2.05) is 30.3 Å². The Morgan fingerprint density at radius 2 is 1.61 bits per heavy atom. The lowest BCUT2D eigenvalue weighted by Crippen LogP contribution is -2.25. The van der Waals surface area contributed by atoms with E-state index in [-0.39, 0.29) is 6.61 Å². The van der Waals surface area contributed by atoms with E-state index >= 15 is 0 Å². The highest BCUT2D eigenvalue weighted by Gasteiger charge is 2.05. The van der Waals surface area contributed by atoms with Crippen molar-refractivity contribution in [2.24, 2.45) is 0 Å². The minimum Gasteiger partial charge on any atom is -0.618 e. The number of rotatable bonds is 5. The summed E-state index contributed by atoms with van der Waals surface area (Å²) in [6, 6.07) is 17.8. The van der Waals surface area contributed by atoms with E-state index in [4.69, 9.17) is 4.74 Å². The second-order valence-corrected chi connectivity index (χ2v) is 8.12. The Morgan fingerprint density at radius 3 is 2.29 bits per heavy atom. The molecule has 0 spiro atoms. The summed E-state index contributed by atoms with van der Waals surface area (Å²) in [7, 11) is 0. The molecule has 0 amide bonds. The number of hydrogen-bond acceptors (Lipinski definition) is 3. The summed E-state index contributed by atoms with van der Waals surface area (Å²) in [6.07, 6.45) is 3.16. The maximum Gasteiger partial charge on any atom is 0.223 e. The zero-order chi connectivity index (χ0) is 22.4. The summed E-state index contributed by atoms with van der Waals surface area (Å²) in [6.45, 7) is 8.20. The van der Waals surface area contributed by atoms with E-state index < -0.39 is 6.67 Å². The number of benzene rings is 2. The third kappa shape index (κ3) is 5.69. The zero-order valence-electron chi connectivity index (χ0n) is 18.5. The second-order valence-electron chi connectivity index (χ2n) is 8.12. The van der Waals surface area contributed by atoms with E-state index in [1.165, 1.54) is 17.3 Å². The van der Waals surface area contributed by atoms with Crippen molar-refractivity contribution < 1.29 is 13.9 Å². The molecule has 2 aromatic carbocycles. The van der Waals surface area contributed by atoms with Crippen LogP contribution in [0.25, 0.3) is 21.8 Å². The molecule has 0 radical (unpaired) electrons. The summed E-state index contributed by atoms with van der Waals surface area (Å²) >= 11 is 0. The first-order chi connectivity index (χ1) is 14.9. The van der Waals surface area contributed by atoms with Gasteiger partial charge in [0.05, 0.1) is 11.7 Å². The number of pyridine rings is 2. The van der Waals surface area contributed by atoms with E-state index in [2.05, 4.69) is 50.9 Å². The second kappa shape index (κ2) is 10.2. The predicted molar refractivity (Wildman–Crippen MR) is 124 cm³/mol. The van der Waals surface area contributed by atoms with Crippen molar-refractivity contribution in [3.05, 3.63) is 83.3 Å². The fourth-order valence-corrected chi connectivity index (χ4v) is 3.30. The predicted octanol–water partition coefficient (Wildman–Crippen LogP) is 6.30. The highest BCUT2D eigenvalue weighted by atomic mass is 19.1. The van der Waals surface area contributed by atoms with Gasteiger partial charge in [0.25, 0.3) is 0 Å². The molecule has 2 aromatic heterocycles. The standard InChI is InChI=1S/C14H16FNO.C12H13NO/c1-10(2)11-3-4-14-12(7-11)8-13(9-16-14)17-6-5-15;1-9(2)10-5-6-12-11(8-10)4-3-7-13(12)14/h3-4,7-10H,5-6H2,1-2H3;3-9H,1-2H3. The first-order valence-corrected chi connectivity index (χ1v) is 10.6. The maximum absolute atomic E-state index is 12.0. The Bertz CT molecular complexity index is 1160. The molecule has 162 valence electrons. The summed E-state index contributed by atoms with van der Waals surface area (Å²) in [5.41, 5.74) is 4.20. The minimum atomic E-state index is -0.482. The van der Waals surface area contributed by atoms with Crippen LogP contribution in [-0.2, 0) is 0 Å². The van der Waals surface area contributed by atoms with Gasteiger partial charge in [-0.05, 0) is 53.3 Å². The Kier molecular flexibility index (Phi) is 7.40. The van der Waals surface area contributed by atoms with Gasteiger partial charge in [-0.25, -0.2) is 4.39 Å². The van der Waals surface area contributed by atoms with E-state index in [0.717, 1.165) is 26.5 Å². The average molecular weight is 421 g/mol. The third-order valence-electron chi connectivity index (χ3n) is 5.15. The molecule has 2 heterocycles. The van der Waals surface area contributed by atoms with Crippen LogP contribution in [0.15, 0.2) is 67.0 Å². The Balaban J connectivity index is 0.000000179. The largest absolute Gasteiger partial charge is 0.618 e. The number of fused-ring (bicyclic) bond motifs is 2. The molecule has 31 heavy (non-hydrogen) atoms. The van der Waals surface area contributed by atoms with Gasteiger partial charge in [-0.15, -0.1) is 0 Å². The van der Waals surface area contributed by atoms with Gasteiger partial charge in [-0.1, -0.05) is 39.8 Å². The van der Waals surface area contributed by atoms with E-state index in [1.54, 1.807) is 12.3 Å². The number of halogens is 1. The van der Waals surface area contributed by atoms with Crippen molar-refractivity contribution in [1.29, 1.82) is 0 Å². The zero-order valence-corrected chi connectivity index (χ0v) is 18.5. The van der Waals surface area contributed by atoms with Crippen molar-refractivity contribution in [1.82, 2.24) is 4.98 Å². The molecule has 5 heteroatoms. The Hall–Kier alpha value is -3.21. The molecule has 4 aromatic rings. The molecule has 0 fully saturated rings. The summed E-state index contributed by atoms with van der Waals surface area (Å²) in [4.78, 5) is 4.29. The van der Waals surface area contributed by atoms with Crippen LogP contribution in [-0.4, -0.2) is 18.3 Å². The van der Waals surface area contributed by atoms with Crippen LogP contribution < -0.4 is 9.47 Å². The van der Waals surface area contributed by atoms with Crippen molar-refractivity contribution in [3.8, 4) is 5.75 Å². The number of hydrogen-bond donors (Lipinski definition) is 0. The summed E-state index contributed by atoms with van der Waals surface area (Å²) < 4.78 is 18.1.